The van der Waals surface area contributed by atoms with Gasteiger partial charge in [-0.05, 0) is 12.3 Å². The van der Waals surface area contributed by atoms with Crippen LogP contribution in [0.4, 0.5) is 8.78 Å². The Kier molecular flexibility index (Phi) is 2.68. The summed E-state index contributed by atoms with van der Waals surface area (Å²) in [5.74, 6) is -2.41. The molecule has 1 saturated carbocycles. The Hall–Kier alpha value is -0.180. The minimum absolute atomic E-state index is 0.00736. The third-order valence-electron chi connectivity index (χ3n) is 2.87. The molecule has 0 heterocycles. The van der Waals surface area contributed by atoms with E-state index in [9.17, 15) is 8.78 Å². The lowest BCUT2D eigenvalue weighted by atomic mass is 9.83. The fraction of sp³-hybridized carbons (Fsp3) is 1.00. The average molecular weight is 191 g/mol. The first-order valence-electron chi connectivity index (χ1n) is 4.84. The molecule has 0 spiro atoms. The standard InChI is InChI=1S/C10H19F2N/c1-7(9(2,3)4)13-8-5-10(11,12)6-8/h7-8,13H,5-6H2,1-4H3. The maximum Gasteiger partial charge on any atom is 0.251 e. The number of hydrogen-bond acceptors (Lipinski definition) is 1. The minimum atomic E-state index is -2.41. The first kappa shape index (κ1) is 10.9. The Labute approximate surface area is 78.9 Å². The van der Waals surface area contributed by atoms with E-state index in [2.05, 4.69) is 33.0 Å². The monoisotopic (exact) mass is 191 g/mol. The highest BCUT2D eigenvalue weighted by Gasteiger charge is 2.46. The van der Waals surface area contributed by atoms with Gasteiger partial charge in [0.05, 0.1) is 0 Å². The molecule has 1 atom stereocenters. The lowest BCUT2D eigenvalue weighted by Crippen LogP contribution is -2.53. The van der Waals surface area contributed by atoms with E-state index < -0.39 is 5.92 Å². The van der Waals surface area contributed by atoms with E-state index in [1.807, 2.05) is 0 Å². The first-order valence-corrected chi connectivity index (χ1v) is 4.84. The van der Waals surface area contributed by atoms with Crippen molar-refractivity contribution in [1.29, 1.82) is 0 Å². The highest BCUT2D eigenvalue weighted by atomic mass is 19.3. The molecule has 13 heavy (non-hydrogen) atoms. The fourth-order valence-corrected chi connectivity index (χ4v) is 1.38. The van der Waals surface area contributed by atoms with Crippen molar-refractivity contribution in [2.75, 3.05) is 0 Å². The van der Waals surface area contributed by atoms with Crippen molar-refractivity contribution in [3.05, 3.63) is 0 Å². The number of rotatable bonds is 2. The molecule has 0 aromatic rings. The third-order valence-corrected chi connectivity index (χ3v) is 2.87. The highest BCUT2D eigenvalue weighted by Crippen LogP contribution is 2.38. The predicted molar refractivity (Wildman–Crippen MR) is 50.0 cm³/mol. The van der Waals surface area contributed by atoms with Gasteiger partial charge in [0.25, 0.3) is 5.92 Å². The molecule has 0 amide bonds. The summed E-state index contributed by atoms with van der Waals surface area (Å²) in [4.78, 5) is 0. The van der Waals surface area contributed by atoms with E-state index in [0.29, 0.717) is 0 Å². The van der Waals surface area contributed by atoms with E-state index >= 15 is 0 Å². The van der Waals surface area contributed by atoms with Crippen LogP contribution in [-0.2, 0) is 0 Å². The van der Waals surface area contributed by atoms with Gasteiger partial charge in [-0.15, -0.1) is 0 Å². The maximum atomic E-state index is 12.5. The van der Waals surface area contributed by atoms with Gasteiger partial charge in [0.15, 0.2) is 0 Å². The summed E-state index contributed by atoms with van der Waals surface area (Å²) in [6, 6.07) is 0.304. The van der Waals surface area contributed by atoms with Crippen molar-refractivity contribution in [3.63, 3.8) is 0 Å². The van der Waals surface area contributed by atoms with Gasteiger partial charge in [0, 0.05) is 24.9 Å². The summed E-state index contributed by atoms with van der Waals surface area (Å²) in [7, 11) is 0. The van der Waals surface area contributed by atoms with Crippen molar-refractivity contribution in [3.8, 4) is 0 Å². The molecule has 1 fully saturated rings. The first-order chi connectivity index (χ1) is 5.71. The molecule has 0 bridgehead atoms. The van der Waals surface area contributed by atoms with Crippen molar-refractivity contribution < 1.29 is 8.78 Å². The van der Waals surface area contributed by atoms with E-state index in [4.69, 9.17) is 0 Å². The van der Waals surface area contributed by atoms with Gasteiger partial charge in [0.1, 0.15) is 0 Å². The average Bonchev–Trinajstić information content (AvgIpc) is 1.80. The molecular formula is C10H19F2N. The summed E-state index contributed by atoms with van der Waals surface area (Å²) < 4.78 is 25.0. The molecule has 1 N–H and O–H groups in total. The van der Waals surface area contributed by atoms with E-state index in [0.717, 1.165) is 0 Å². The highest BCUT2D eigenvalue weighted by molar-refractivity contribution is 4.93. The van der Waals surface area contributed by atoms with Crippen molar-refractivity contribution >= 4 is 0 Å². The number of hydrogen-bond donors (Lipinski definition) is 1. The van der Waals surface area contributed by atoms with E-state index in [1.165, 1.54) is 0 Å². The van der Waals surface area contributed by atoms with Crippen LogP contribution in [0.1, 0.15) is 40.5 Å². The van der Waals surface area contributed by atoms with Gasteiger partial charge >= 0.3 is 0 Å². The molecule has 1 aliphatic rings. The lowest BCUT2D eigenvalue weighted by molar-refractivity contribution is -0.0965. The maximum absolute atomic E-state index is 12.5. The van der Waals surface area contributed by atoms with E-state index in [-0.39, 0.29) is 30.3 Å². The largest absolute Gasteiger partial charge is 0.311 e. The van der Waals surface area contributed by atoms with Gasteiger partial charge in [-0.25, -0.2) is 8.78 Å². The zero-order valence-electron chi connectivity index (χ0n) is 8.82. The molecule has 0 aromatic heterocycles. The fourth-order valence-electron chi connectivity index (χ4n) is 1.38. The van der Waals surface area contributed by atoms with Crippen LogP contribution in [0.3, 0.4) is 0 Å². The zero-order valence-corrected chi connectivity index (χ0v) is 8.82. The zero-order chi connectivity index (χ0) is 10.3. The molecule has 78 valence electrons. The van der Waals surface area contributed by atoms with Gasteiger partial charge in [-0.3, -0.25) is 0 Å². The molecule has 1 nitrogen and oxygen atoms in total. The van der Waals surface area contributed by atoms with Crippen molar-refractivity contribution in [2.24, 2.45) is 5.41 Å². The second-order valence-electron chi connectivity index (χ2n) is 5.22. The number of nitrogens with one attached hydrogen (secondary N) is 1. The van der Waals surface area contributed by atoms with Gasteiger partial charge < -0.3 is 5.32 Å². The smallest absolute Gasteiger partial charge is 0.251 e. The third kappa shape index (κ3) is 2.90. The van der Waals surface area contributed by atoms with Crippen LogP contribution in [0.5, 0.6) is 0 Å². The van der Waals surface area contributed by atoms with Crippen LogP contribution in [0.25, 0.3) is 0 Å². The number of alkyl halides is 2. The topological polar surface area (TPSA) is 12.0 Å². The van der Waals surface area contributed by atoms with Crippen LogP contribution in [0.15, 0.2) is 0 Å². The van der Waals surface area contributed by atoms with E-state index in [1.54, 1.807) is 0 Å². The Morgan fingerprint density at radius 1 is 1.31 bits per heavy atom. The van der Waals surface area contributed by atoms with Crippen molar-refractivity contribution in [2.45, 2.75) is 58.5 Å². The lowest BCUT2D eigenvalue weighted by Gasteiger charge is -2.40. The predicted octanol–water partition coefficient (Wildman–Crippen LogP) is 2.81. The van der Waals surface area contributed by atoms with Crippen molar-refractivity contribution in [1.82, 2.24) is 5.32 Å². The molecule has 0 radical (unpaired) electrons. The summed E-state index contributed by atoms with van der Waals surface area (Å²) in [5.41, 5.74) is 0.144. The molecule has 0 aromatic carbocycles. The molecule has 0 saturated heterocycles. The molecule has 1 aliphatic carbocycles. The Morgan fingerprint density at radius 2 is 1.77 bits per heavy atom. The Morgan fingerprint density at radius 3 is 2.08 bits per heavy atom. The Balaban J connectivity index is 2.28. The minimum Gasteiger partial charge on any atom is -0.311 e. The summed E-state index contributed by atoms with van der Waals surface area (Å²) >= 11 is 0. The summed E-state index contributed by atoms with van der Waals surface area (Å²) in [5, 5.41) is 3.23. The van der Waals surface area contributed by atoms with Crippen LogP contribution in [-0.4, -0.2) is 18.0 Å². The molecular weight excluding hydrogens is 172 g/mol. The SMILES string of the molecule is CC(NC1CC(F)(F)C1)C(C)(C)C. The molecule has 0 aliphatic heterocycles. The second kappa shape index (κ2) is 3.19. The number of halogens is 2. The summed E-state index contributed by atoms with van der Waals surface area (Å²) in [6.07, 6.45) is 0.0147. The Bertz CT molecular complexity index is 176. The molecule has 1 rings (SSSR count). The van der Waals surface area contributed by atoms with Gasteiger partial charge in [0.2, 0.25) is 0 Å². The van der Waals surface area contributed by atoms with Crippen LogP contribution in [0.2, 0.25) is 0 Å². The van der Waals surface area contributed by atoms with Crippen LogP contribution < -0.4 is 5.32 Å². The van der Waals surface area contributed by atoms with Crippen LogP contribution in [0, 0.1) is 5.41 Å². The molecule has 3 heteroatoms. The normalized spacial score (nSPS) is 25.4. The second-order valence-corrected chi connectivity index (χ2v) is 5.22. The van der Waals surface area contributed by atoms with Gasteiger partial charge in [-0.2, -0.15) is 0 Å². The van der Waals surface area contributed by atoms with Crippen LogP contribution >= 0.6 is 0 Å². The summed E-state index contributed by atoms with van der Waals surface area (Å²) in [6.45, 7) is 8.39. The molecule has 1 unspecified atom stereocenters. The van der Waals surface area contributed by atoms with Gasteiger partial charge in [-0.1, -0.05) is 20.8 Å². The quantitative estimate of drug-likeness (QED) is 0.707.